The molecule has 2 rings (SSSR count). The second-order valence-electron chi connectivity index (χ2n) is 3.76. The summed E-state index contributed by atoms with van der Waals surface area (Å²) in [6.07, 6.45) is 7.28. The summed E-state index contributed by atoms with van der Waals surface area (Å²) in [6, 6.07) is 0.943. The summed E-state index contributed by atoms with van der Waals surface area (Å²) in [5, 5.41) is 0. The molecule has 0 aromatic rings. The zero-order valence-corrected chi connectivity index (χ0v) is 9.09. The van der Waals surface area contributed by atoms with Gasteiger partial charge in [-0.1, -0.05) is 29.0 Å². The van der Waals surface area contributed by atoms with Crippen molar-refractivity contribution in [3.05, 3.63) is 0 Å². The number of fused-ring (bicyclic) bond motifs is 1. The molecule has 0 spiro atoms. The second kappa shape index (κ2) is 3.60. The van der Waals surface area contributed by atoms with Gasteiger partial charge in [0.25, 0.3) is 0 Å². The highest BCUT2D eigenvalue weighted by molar-refractivity contribution is 14.1. The molecule has 64 valence electrons. The summed E-state index contributed by atoms with van der Waals surface area (Å²) in [7, 11) is 0. The van der Waals surface area contributed by atoms with E-state index in [1.165, 1.54) is 45.2 Å². The number of hydrogen-bond acceptors (Lipinski definition) is 1. The summed E-state index contributed by atoms with van der Waals surface area (Å²) in [5.74, 6) is 0. The van der Waals surface area contributed by atoms with E-state index in [4.69, 9.17) is 0 Å². The molecule has 2 aliphatic rings. The molecule has 2 fully saturated rings. The average Bonchev–Trinajstić information content (AvgIpc) is 2.06. The summed E-state index contributed by atoms with van der Waals surface area (Å²) in [6.45, 7) is 2.76. The van der Waals surface area contributed by atoms with Gasteiger partial charge in [0.1, 0.15) is 0 Å². The number of piperidine rings is 2. The van der Waals surface area contributed by atoms with E-state index >= 15 is 0 Å². The molecule has 1 nitrogen and oxygen atoms in total. The van der Waals surface area contributed by atoms with Crippen molar-refractivity contribution in [3.63, 3.8) is 0 Å². The van der Waals surface area contributed by atoms with Gasteiger partial charge in [0.05, 0.1) is 0 Å². The number of halogens is 1. The molecule has 0 aromatic heterocycles. The van der Waals surface area contributed by atoms with Crippen molar-refractivity contribution in [2.24, 2.45) is 0 Å². The van der Waals surface area contributed by atoms with Crippen LogP contribution in [0.4, 0.5) is 0 Å². The lowest BCUT2D eigenvalue weighted by molar-refractivity contribution is 0.118. The number of alkyl halides is 1. The van der Waals surface area contributed by atoms with Crippen molar-refractivity contribution in [3.8, 4) is 0 Å². The maximum Gasteiger partial charge on any atom is 0.0266 e. The zero-order valence-electron chi connectivity index (χ0n) is 6.93. The molecule has 0 N–H and O–H groups in total. The summed E-state index contributed by atoms with van der Waals surface area (Å²) in [4.78, 5) is 2.71. The summed E-state index contributed by atoms with van der Waals surface area (Å²) in [5.41, 5.74) is 0. The van der Waals surface area contributed by atoms with E-state index in [1.54, 1.807) is 0 Å². The first-order chi connectivity index (χ1) is 5.38. The monoisotopic (exact) mass is 265 g/mol. The number of hydrogen-bond donors (Lipinski definition) is 0. The van der Waals surface area contributed by atoms with E-state index in [1.807, 2.05) is 0 Å². The molecule has 2 saturated heterocycles. The second-order valence-corrected chi connectivity index (χ2v) is 5.36. The van der Waals surface area contributed by atoms with Crippen molar-refractivity contribution in [2.45, 2.75) is 42.1 Å². The van der Waals surface area contributed by atoms with Crippen molar-refractivity contribution in [2.75, 3.05) is 13.1 Å². The minimum Gasteiger partial charge on any atom is -0.299 e. The number of nitrogens with zero attached hydrogens (tertiary/aromatic N) is 1. The molecule has 11 heavy (non-hydrogen) atoms. The first kappa shape index (κ1) is 8.30. The summed E-state index contributed by atoms with van der Waals surface area (Å²) >= 11 is 2.65. The molecule has 0 amide bonds. The van der Waals surface area contributed by atoms with Crippen LogP contribution >= 0.6 is 22.6 Å². The van der Waals surface area contributed by atoms with Crippen LogP contribution in [0.15, 0.2) is 0 Å². The third kappa shape index (κ3) is 1.72. The Morgan fingerprint density at radius 2 is 1.82 bits per heavy atom. The molecule has 2 atom stereocenters. The smallest absolute Gasteiger partial charge is 0.0266 e. The highest BCUT2D eigenvalue weighted by Gasteiger charge is 2.30. The van der Waals surface area contributed by atoms with Crippen LogP contribution in [0.1, 0.15) is 32.1 Å². The third-order valence-corrected chi connectivity index (χ3v) is 4.46. The fourth-order valence-corrected chi connectivity index (χ4v) is 3.64. The van der Waals surface area contributed by atoms with Gasteiger partial charge >= 0.3 is 0 Å². The van der Waals surface area contributed by atoms with Crippen molar-refractivity contribution >= 4 is 22.6 Å². The fourth-order valence-electron chi connectivity index (χ4n) is 2.39. The van der Waals surface area contributed by atoms with Crippen LogP contribution in [-0.2, 0) is 0 Å². The predicted octanol–water partition coefficient (Wildman–Crippen LogP) is 2.44. The van der Waals surface area contributed by atoms with Gasteiger partial charge in [-0.15, -0.1) is 0 Å². The molecule has 2 heterocycles. The lowest BCUT2D eigenvalue weighted by atomic mass is 9.93. The highest BCUT2D eigenvalue weighted by atomic mass is 127. The maximum atomic E-state index is 2.71. The Bertz CT molecular complexity index is 136. The Kier molecular flexibility index (Phi) is 2.72. The Morgan fingerprint density at radius 1 is 1.00 bits per heavy atom. The third-order valence-electron chi connectivity index (χ3n) is 3.01. The van der Waals surface area contributed by atoms with Crippen LogP contribution in [0.25, 0.3) is 0 Å². The fraction of sp³-hybridized carbons (Fsp3) is 1.00. The molecule has 2 heteroatoms. The van der Waals surface area contributed by atoms with E-state index in [9.17, 15) is 0 Å². The molecule has 0 aromatic carbocycles. The first-order valence-corrected chi connectivity index (χ1v) is 6.00. The molecular weight excluding hydrogens is 249 g/mol. The van der Waals surface area contributed by atoms with E-state index < -0.39 is 0 Å². The van der Waals surface area contributed by atoms with Gasteiger partial charge in [0.15, 0.2) is 0 Å². The average molecular weight is 265 g/mol. The lowest BCUT2D eigenvalue weighted by Gasteiger charge is -2.42. The SMILES string of the molecule is IC1CCCN2CCCCC12. The Labute approximate surface area is 82.7 Å². The molecule has 0 bridgehead atoms. The normalized spacial score (nSPS) is 40.1. The molecule has 2 unspecified atom stereocenters. The quantitative estimate of drug-likeness (QED) is 0.480. The van der Waals surface area contributed by atoms with Crippen LogP contribution in [0.3, 0.4) is 0 Å². The minimum atomic E-state index is 0.943. The van der Waals surface area contributed by atoms with Gasteiger partial charge in [-0.3, -0.25) is 4.90 Å². The van der Waals surface area contributed by atoms with E-state index in [-0.39, 0.29) is 0 Å². The van der Waals surface area contributed by atoms with Gasteiger partial charge in [0.2, 0.25) is 0 Å². The van der Waals surface area contributed by atoms with E-state index in [0.717, 1.165) is 9.97 Å². The predicted molar refractivity (Wildman–Crippen MR) is 56.3 cm³/mol. The van der Waals surface area contributed by atoms with Crippen LogP contribution in [0, 0.1) is 0 Å². The van der Waals surface area contributed by atoms with Crippen LogP contribution in [0.5, 0.6) is 0 Å². The largest absolute Gasteiger partial charge is 0.299 e. The van der Waals surface area contributed by atoms with E-state index in [2.05, 4.69) is 27.5 Å². The molecule has 0 radical (unpaired) electrons. The van der Waals surface area contributed by atoms with Gasteiger partial charge in [-0.05, 0) is 38.8 Å². The molecule has 0 saturated carbocycles. The highest BCUT2D eigenvalue weighted by Crippen LogP contribution is 2.30. The van der Waals surface area contributed by atoms with Gasteiger partial charge in [0, 0.05) is 9.97 Å². The number of rotatable bonds is 0. The van der Waals surface area contributed by atoms with E-state index in [0.29, 0.717) is 0 Å². The van der Waals surface area contributed by atoms with Crippen molar-refractivity contribution in [1.82, 2.24) is 4.90 Å². The molecule has 0 aliphatic carbocycles. The Balaban J connectivity index is 1.99. The Morgan fingerprint density at radius 3 is 2.64 bits per heavy atom. The Hall–Kier alpha value is 0.690. The van der Waals surface area contributed by atoms with Crippen LogP contribution in [-0.4, -0.2) is 28.0 Å². The zero-order chi connectivity index (χ0) is 7.68. The molecule has 2 aliphatic heterocycles. The van der Waals surface area contributed by atoms with Crippen molar-refractivity contribution < 1.29 is 0 Å². The van der Waals surface area contributed by atoms with Crippen molar-refractivity contribution in [1.29, 1.82) is 0 Å². The lowest BCUT2D eigenvalue weighted by Crippen LogP contribution is -2.48. The van der Waals surface area contributed by atoms with Crippen LogP contribution < -0.4 is 0 Å². The molecular formula is C9H16IN. The maximum absolute atomic E-state index is 2.71. The first-order valence-electron chi connectivity index (χ1n) is 4.76. The van der Waals surface area contributed by atoms with Gasteiger partial charge in [-0.25, -0.2) is 0 Å². The van der Waals surface area contributed by atoms with Crippen LogP contribution in [0.2, 0.25) is 0 Å². The topological polar surface area (TPSA) is 3.24 Å². The minimum absolute atomic E-state index is 0.943. The summed E-state index contributed by atoms with van der Waals surface area (Å²) < 4.78 is 0.946. The van der Waals surface area contributed by atoms with Gasteiger partial charge < -0.3 is 0 Å². The van der Waals surface area contributed by atoms with Gasteiger partial charge in [-0.2, -0.15) is 0 Å². The standard InChI is InChI=1S/C9H16IN/c10-8-4-3-7-11-6-2-1-5-9(8)11/h8-9H,1-7H2.